The van der Waals surface area contributed by atoms with Gasteiger partial charge < -0.3 is 4.55 Å². The first kappa shape index (κ1) is 8.16. The van der Waals surface area contributed by atoms with Crippen LogP contribution in [-0.4, -0.2) is 14.0 Å². The maximum atomic E-state index is 10.3. The van der Waals surface area contributed by atoms with E-state index in [2.05, 4.69) is 0 Å². The first-order chi connectivity index (χ1) is 5.20. The molecule has 11 heavy (non-hydrogen) atoms. The molecule has 0 radical (unpaired) electrons. The number of hydrogen-bond donors (Lipinski definition) is 2. The highest BCUT2D eigenvalue weighted by atomic mass is 32.2. The van der Waals surface area contributed by atoms with Crippen LogP contribution in [0.25, 0.3) is 0 Å². The van der Waals surface area contributed by atoms with Gasteiger partial charge in [-0.15, -0.1) is 0 Å². The molecule has 2 N–H and O–H groups in total. The molecule has 4 nitrogen and oxygen atoms in total. The lowest BCUT2D eigenvalue weighted by Crippen LogP contribution is -2.34. The summed E-state index contributed by atoms with van der Waals surface area (Å²) in [7, 11) is 0. The van der Waals surface area contributed by atoms with Crippen molar-refractivity contribution in [1.82, 2.24) is 0 Å². The molecule has 0 saturated carbocycles. The van der Waals surface area contributed by atoms with Gasteiger partial charge in [0.05, 0.1) is 0 Å². The standard InChI is InChI=1S/C6H7NO3S/c8-7-4-2-1-3-6(7)5-11(9)10/h1-4H,5H2,(H-,8,9,10)/p+1. The van der Waals surface area contributed by atoms with E-state index in [1.807, 2.05) is 0 Å². The van der Waals surface area contributed by atoms with E-state index in [9.17, 15) is 4.21 Å². The van der Waals surface area contributed by atoms with E-state index >= 15 is 0 Å². The molecule has 0 aliphatic rings. The predicted octanol–water partition coefficient (Wildman–Crippen LogP) is -0.0669. The van der Waals surface area contributed by atoms with Crippen LogP contribution in [0.5, 0.6) is 0 Å². The smallest absolute Gasteiger partial charge is 0.248 e. The number of rotatable bonds is 2. The van der Waals surface area contributed by atoms with Gasteiger partial charge >= 0.3 is 0 Å². The van der Waals surface area contributed by atoms with E-state index in [0.29, 0.717) is 5.69 Å². The molecule has 1 heterocycles. The molecule has 0 aliphatic heterocycles. The van der Waals surface area contributed by atoms with Crippen molar-refractivity contribution in [3.8, 4) is 0 Å². The molecule has 1 unspecified atom stereocenters. The van der Waals surface area contributed by atoms with E-state index in [1.54, 1.807) is 18.2 Å². The summed E-state index contributed by atoms with van der Waals surface area (Å²) in [5.74, 6) is -0.0582. The van der Waals surface area contributed by atoms with Crippen LogP contribution in [-0.2, 0) is 16.8 Å². The fourth-order valence-corrected chi connectivity index (χ4v) is 1.19. The molecule has 1 atom stereocenters. The third kappa shape index (κ3) is 2.28. The van der Waals surface area contributed by atoms with E-state index in [0.717, 1.165) is 4.73 Å². The second kappa shape index (κ2) is 3.45. The largest absolute Gasteiger partial charge is 0.306 e. The Kier molecular flexibility index (Phi) is 2.56. The van der Waals surface area contributed by atoms with Gasteiger partial charge in [-0.2, -0.15) is 0 Å². The molecule has 1 rings (SSSR count). The molecule has 1 aromatic heterocycles. The van der Waals surface area contributed by atoms with Crippen LogP contribution in [0, 0.1) is 0 Å². The Morgan fingerprint density at radius 2 is 2.27 bits per heavy atom. The van der Waals surface area contributed by atoms with Gasteiger partial charge in [-0.3, -0.25) is 5.21 Å². The lowest BCUT2D eigenvalue weighted by molar-refractivity contribution is -0.909. The van der Waals surface area contributed by atoms with Crippen molar-refractivity contribution in [2.24, 2.45) is 0 Å². The highest BCUT2D eigenvalue weighted by Crippen LogP contribution is 1.93. The summed E-state index contributed by atoms with van der Waals surface area (Å²) < 4.78 is 19.6. The summed E-state index contributed by atoms with van der Waals surface area (Å²) in [5.41, 5.74) is 0.410. The fourth-order valence-electron chi connectivity index (χ4n) is 0.711. The normalized spacial score (nSPS) is 12.8. The molecule has 0 saturated heterocycles. The molecule has 1 aromatic rings. The second-order valence-corrected chi connectivity index (χ2v) is 2.93. The van der Waals surface area contributed by atoms with Gasteiger partial charge in [0, 0.05) is 16.9 Å². The Labute approximate surface area is 66.4 Å². The topological polar surface area (TPSA) is 61.4 Å². The van der Waals surface area contributed by atoms with Crippen LogP contribution < -0.4 is 4.73 Å². The summed E-state index contributed by atoms with van der Waals surface area (Å²) in [6.45, 7) is 0. The molecule has 5 heteroatoms. The Bertz CT molecular complexity index is 276. The summed E-state index contributed by atoms with van der Waals surface area (Å²) in [6, 6.07) is 4.90. The van der Waals surface area contributed by atoms with Crippen LogP contribution >= 0.6 is 0 Å². The summed E-state index contributed by atoms with van der Waals surface area (Å²) in [4.78, 5) is 0. The minimum atomic E-state index is -1.91. The van der Waals surface area contributed by atoms with E-state index in [-0.39, 0.29) is 5.75 Å². The highest BCUT2D eigenvalue weighted by Gasteiger charge is 2.10. The van der Waals surface area contributed by atoms with Gasteiger partial charge in [-0.25, -0.2) is 4.21 Å². The van der Waals surface area contributed by atoms with Gasteiger partial charge in [0.2, 0.25) is 11.9 Å². The van der Waals surface area contributed by atoms with Gasteiger partial charge in [-0.1, -0.05) is 0 Å². The monoisotopic (exact) mass is 174 g/mol. The van der Waals surface area contributed by atoms with Crippen molar-refractivity contribution in [2.75, 3.05) is 0 Å². The van der Waals surface area contributed by atoms with Crippen LogP contribution in [0.3, 0.4) is 0 Å². The van der Waals surface area contributed by atoms with Crippen molar-refractivity contribution in [1.29, 1.82) is 0 Å². The molecule has 0 spiro atoms. The Hall–Kier alpha value is -0.940. The number of aromatic nitrogens is 1. The zero-order valence-electron chi connectivity index (χ0n) is 5.67. The first-order valence-corrected chi connectivity index (χ1v) is 4.24. The molecule has 0 aromatic carbocycles. The van der Waals surface area contributed by atoms with Gasteiger partial charge in [0.1, 0.15) is 5.75 Å². The molecule has 0 amide bonds. The first-order valence-electron chi connectivity index (χ1n) is 2.96. The van der Waals surface area contributed by atoms with E-state index < -0.39 is 11.1 Å². The van der Waals surface area contributed by atoms with Crippen molar-refractivity contribution >= 4 is 11.1 Å². The zero-order chi connectivity index (χ0) is 8.27. The van der Waals surface area contributed by atoms with Gasteiger partial charge in [-0.05, 0) is 6.07 Å². The Balaban J connectivity index is 2.86. The van der Waals surface area contributed by atoms with Crippen molar-refractivity contribution in [2.45, 2.75) is 5.75 Å². The number of nitrogens with zero attached hydrogens (tertiary/aromatic N) is 1. The average Bonchev–Trinajstić information content (AvgIpc) is 1.93. The average molecular weight is 174 g/mol. The van der Waals surface area contributed by atoms with Crippen LogP contribution in [0.1, 0.15) is 5.69 Å². The SMILES string of the molecule is O=S(O)Cc1cccc[n+]1O. The maximum absolute atomic E-state index is 10.3. The highest BCUT2D eigenvalue weighted by molar-refractivity contribution is 7.78. The van der Waals surface area contributed by atoms with E-state index in [4.69, 9.17) is 9.76 Å². The predicted molar refractivity (Wildman–Crippen MR) is 38.3 cm³/mol. The summed E-state index contributed by atoms with van der Waals surface area (Å²) in [6.07, 6.45) is 1.40. The summed E-state index contributed by atoms with van der Waals surface area (Å²) in [5, 5.41) is 9.03. The zero-order valence-corrected chi connectivity index (χ0v) is 6.49. The minimum Gasteiger partial charge on any atom is -0.306 e. The maximum Gasteiger partial charge on any atom is 0.248 e. The molecular formula is C6H8NO3S+. The molecule has 0 bridgehead atoms. The third-order valence-corrected chi connectivity index (χ3v) is 1.74. The third-order valence-electron chi connectivity index (χ3n) is 1.19. The molecular weight excluding hydrogens is 166 g/mol. The van der Waals surface area contributed by atoms with Crippen LogP contribution in [0.2, 0.25) is 0 Å². The van der Waals surface area contributed by atoms with E-state index in [1.165, 1.54) is 6.20 Å². The molecule has 60 valence electrons. The molecule has 0 fully saturated rings. The van der Waals surface area contributed by atoms with Crippen LogP contribution in [0.15, 0.2) is 24.4 Å². The lowest BCUT2D eigenvalue weighted by Gasteiger charge is -1.90. The van der Waals surface area contributed by atoms with Crippen molar-refractivity contribution in [3.05, 3.63) is 30.1 Å². The van der Waals surface area contributed by atoms with Gasteiger partial charge in [0.25, 0.3) is 0 Å². The Morgan fingerprint density at radius 3 is 2.82 bits per heavy atom. The van der Waals surface area contributed by atoms with Crippen molar-refractivity contribution < 1.29 is 18.7 Å². The van der Waals surface area contributed by atoms with Gasteiger partial charge in [0.15, 0.2) is 11.1 Å². The lowest BCUT2D eigenvalue weighted by atomic mass is 10.4. The van der Waals surface area contributed by atoms with Crippen molar-refractivity contribution in [3.63, 3.8) is 0 Å². The van der Waals surface area contributed by atoms with Crippen LogP contribution in [0.4, 0.5) is 0 Å². The quantitative estimate of drug-likeness (QED) is 0.375. The number of pyridine rings is 1. The Morgan fingerprint density at radius 1 is 1.55 bits per heavy atom. The fraction of sp³-hybridized carbons (Fsp3) is 0.167. The summed E-state index contributed by atoms with van der Waals surface area (Å²) >= 11 is -1.91. The second-order valence-electron chi connectivity index (χ2n) is 2.00. The molecule has 0 aliphatic carbocycles. The number of hydrogen-bond acceptors (Lipinski definition) is 2. The minimum absolute atomic E-state index is 0.0582.